The smallest absolute Gasteiger partial charge is 0.249 e. The molecule has 1 aliphatic heterocycles. The highest BCUT2D eigenvalue weighted by atomic mass is 35.5. The molecular formula is C20H19ClN2O2S. The van der Waals surface area contributed by atoms with Gasteiger partial charge in [0.1, 0.15) is 5.92 Å². The highest BCUT2D eigenvalue weighted by Crippen LogP contribution is 2.43. The van der Waals surface area contributed by atoms with Gasteiger partial charge in [-0.15, -0.1) is 0 Å². The third-order valence-corrected chi connectivity index (χ3v) is 6.35. The minimum atomic E-state index is -0.820. The number of amides is 2. The lowest BCUT2D eigenvalue weighted by Crippen LogP contribution is -2.38. The minimum absolute atomic E-state index is 0.190. The van der Waals surface area contributed by atoms with Crippen LogP contribution >= 0.6 is 23.5 Å². The monoisotopic (exact) mass is 386 g/mol. The molecule has 0 bridgehead atoms. The summed E-state index contributed by atoms with van der Waals surface area (Å²) in [5.41, 5.74) is 4.11. The number of nitrogens with zero attached hydrogens (tertiary/aromatic N) is 1. The zero-order valence-corrected chi connectivity index (χ0v) is 16.0. The van der Waals surface area contributed by atoms with Gasteiger partial charge in [-0.2, -0.15) is 0 Å². The molecule has 0 saturated heterocycles. The fourth-order valence-corrected chi connectivity index (χ4v) is 4.88. The van der Waals surface area contributed by atoms with Gasteiger partial charge in [-0.05, 0) is 78.6 Å². The van der Waals surface area contributed by atoms with Crippen LogP contribution in [0, 0.1) is 0 Å². The number of carbonyl (C=O) groups excluding carboxylic acids is 2. The van der Waals surface area contributed by atoms with E-state index in [0.717, 1.165) is 29.7 Å². The van der Waals surface area contributed by atoms with Crippen LogP contribution in [-0.2, 0) is 22.4 Å². The molecule has 4 nitrogen and oxygen atoms in total. The van der Waals surface area contributed by atoms with Crippen molar-refractivity contribution in [2.24, 2.45) is 0 Å². The Morgan fingerprint density at radius 2 is 1.88 bits per heavy atom. The summed E-state index contributed by atoms with van der Waals surface area (Å²) in [6.07, 6.45) is 4.44. The van der Waals surface area contributed by atoms with Crippen LogP contribution in [0.1, 0.15) is 35.4 Å². The lowest BCUT2D eigenvalue weighted by atomic mass is 9.86. The van der Waals surface area contributed by atoms with Gasteiger partial charge in [-0.25, -0.2) is 0 Å². The summed E-state index contributed by atoms with van der Waals surface area (Å²) in [7, 11) is 1.74. The van der Waals surface area contributed by atoms with E-state index in [-0.39, 0.29) is 11.8 Å². The highest BCUT2D eigenvalue weighted by molar-refractivity contribution is 7.97. The van der Waals surface area contributed by atoms with Crippen LogP contribution < -0.4 is 5.32 Å². The predicted molar refractivity (Wildman–Crippen MR) is 105 cm³/mol. The molecule has 134 valence electrons. The number of nitrogens with one attached hydrogen (secondary N) is 1. The van der Waals surface area contributed by atoms with Crippen molar-refractivity contribution in [3.63, 3.8) is 0 Å². The van der Waals surface area contributed by atoms with Gasteiger partial charge in [0, 0.05) is 22.7 Å². The van der Waals surface area contributed by atoms with E-state index >= 15 is 0 Å². The molecule has 1 heterocycles. The number of anilines is 1. The van der Waals surface area contributed by atoms with Crippen molar-refractivity contribution < 1.29 is 9.59 Å². The first kappa shape index (κ1) is 17.4. The van der Waals surface area contributed by atoms with Crippen LogP contribution in [0.5, 0.6) is 0 Å². The molecule has 0 aromatic heterocycles. The van der Waals surface area contributed by atoms with Crippen LogP contribution in [-0.4, -0.2) is 23.2 Å². The molecule has 1 aliphatic carbocycles. The number of hydrogen-bond donors (Lipinski definition) is 1. The number of rotatable bonds is 2. The average molecular weight is 387 g/mol. The largest absolute Gasteiger partial charge is 0.325 e. The van der Waals surface area contributed by atoms with E-state index in [1.165, 1.54) is 29.5 Å². The molecular weight excluding hydrogens is 368 g/mol. The minimum Gasteiger partial charge on any atom is -0.325 e. The zero-order chi connectivity index (χ0) is 18.3. The van der Waals surface area contributed by atoms with Crippen molar-refractivity contribution in [2.45, 2.75) is 36.5 Å². The first-order chi connectivity index (χ1) is 12.5. The van der Waals surface area contributed by atoms with Gasteiger partial charge in [-0.1, -0.05) is 23.7 Å². The van der Waals surface area contributed by atoms with Gasteiger partial charge in [-0.3, -0.25) is 13.9 Å². The number of fused-ring (bicyclic) bond motifs is 3. The maximum atomic E-state index is 12.9. The van der Waals surface area contributed by atoms with E-state index < -0.39 is 5.92 Å². The highest BCUT2D eigenvalue weighted by Gasteiger charge is 2.39. The van der Waals surface area contributed by atoms with E-state index in [0.29, 0.717) is 10.7 Å². The van der Waals surface area contributed by atoms with Crippen molar-refractivity contribution in [2.75, 3.05) is 12.4 Å². The maximum Gasteiger partial charge on any atom is 0.249 e. The zero-order valence-electron chi connectivity index (χ0n) is 14.4. The Bertz CT molecular complexity index is 882. The van der Waals surface area contributed by atoms with E-state index in [9.17, 15) is 9.59 Å². The molecule has 2 aromatic rings. The third kappa shape index (κ3) is 3.10. The predicted octanol–water partition coefficient (Wildman–Crippen LogP) is 4.42. The van der Waals surface area contributed by atoms with Crippen LogP contribution in [0.4, 0.5) is 5.69 Å². The summed E-state index contributed by atoms with van der Waals surface area (Å²) in [6.45, 7) is 0. The quantitative estimate of drug-likeness (QED) is 0.614. The molecule has 26 heavy (non-hydrogen) atoms. The Labute approximate surface area is 162 Å². The van der Waals surface area contributed by atoms with Gasteiger partial charge in [0.05, 0.1) is 0 Å². The lowest BCUT2D eigenvalue weighted by Gasteiger charge is -2.33. The normalized spacial score (nSPS) is 18.9. The van der Waals surface area contributed by atoms with Gasteiger partial charge in [0.15, 0.2) is 0 Å². The Balaban J connectivity index is 1.70. The first-order valence-corrected chi connectivity index (χ1v) is 9.86. The molecule has 2 amide bonds. The Hall–Kier alpha value is -1.98. The van der Waals surface area contributed by atoms with Gasteiger partial charge in [0.2, 0.25) is 11.8 Å². The van der Waals surface area contributed by atoms with Crippen LogP contribution in [0.2, 0.25) is 5.02 Å². The molecule has 0 saturated carbocycles. The maximum absolute atomic E-state index is 12.9. The number of aryl methyl sites for hydroxylation is 1. The second kappa shape index (κ2) is 6.97. The number of likely N-dealkylation sites (N-methyl/N-ethyl adjacent to an activating group) is 1. The van der Waals surface area contributed by atoms with Crippen molar-refractivity contribution in [3.8, 4) is 0 Å². The molecule has 0 spiro atoms. The van der Waals surface area contributed by atoms with E-state index in [2.05, 4.69) is 11.4 Å². The van der Waals surface area contributed by atoms with E-state index in [1.807, 2.05) is 6.07 Å². The van der Waals surface area contributed by atoms with Crippen LogP contribution in [0.25, 0.3) is 0 Å². The fourth-order valence-electron chi connectivity index (χ4n) is 3.65. The van der Waals surface area contributed by atoms with Crippen molar-refractivity contribution in [1.29, 1.82) is 0 Å². The number of hydrogen-bond acceptors (Lipinski definition) is 3. The van der Waals surface area contributed by atoms with Crippen LogP contribution in [0.3, 0.4) is 0 Å². The Kier molecular flexibility index (Phi) is 4.67. The van der Waals surface area contributed by atoms with E-state index in [1.54, 1.807) is 35.6 Å². The first-order valence-electron chi connectivity index (χ1n) is 8.71. The van der Waals surface area contributed by atoms with Crippen molar-refractivity contribution in [1.82, 2.24) is 4.31 Å². The van der Waals surface area contributed by atoms with Crippen molar-refractivity contribution in [3.05, 3.63) is 58.1 Å². The molecule has 6 heteroatoms. The SMILES string of the molecule is CN1Sc2c(ccc3c2CCCC3)C(C(=O)Nc2ccc(Cl)cc2)C1=O. The second-order valence-corrected chi connectivity index (χ2v) is 8.26. The Morgan fingerprint density at radius 1 is 1.15 bits per heavy atom. The van der Waals surface area contributed by atoms with Crippen LogP contribution in [0.15, 0.2) is 41.3 Å². The number of halogens is 1. The fraction of sp³-hybridized carbons (Fsp3) is 0.300. The molecule has 2 aliphatic rings. The molecule has 0 fully saturated rings. The molecule has 2 aromatic carbocycles. The molecule has 0 radical (unpaired) electrons. The van der Waals surface area contributed by atoms with Crippen molar-refractivity contribution >= 4 is 41.1 Å². The summed E-state index contributed by atoms with van der Waals surface area (Å²) in [6, 6.07) is 11.0. The number of carbonyl (C=O) groups is 2. The topological polar surface area (TPSA) is 49.4 Å². The summed E-state index contributed by atoms with van der Waals surface area (Å²) >= 11 is 7.35. The molecule has 1 atom stereocenters. The average Bonchev–Trinajstić information content (AvgIpc) is 2.64. The number of benzene rings is 2. The lowest BCUT2D eigenvalue weighted by molar-refractivity contribution is -0.132. The Morgan fingerprint density at radius 3 is 2.65 bits per heavy atom. The third-order valence-electron chi connectivity index (χ3n) is 4.98. The van der Waals surface area contributed by atoms with Gasteiger partial charge < -0.3 is 5.32 Å². The van der Waals surface area contributed by atoms with Gasteiger partial charge >= 0.3 is 0 Å². The molecule has 4 rings (SSSR count). The summed E-state index contributed by atoms with van der Waals surface area (Å²) < 4.78 is 1.59. The van der Waals surface area contributed by atoms with Gasteiger partial charge in [0.25, 0.3) is 0 Å². The van der Waals surface area contributed by atoms with E-state index in [4.69, 9.17) is 11.6 Å². The summed E-state index contributed by atoms with van der Waals surface area (Å²) in [5, 5.41) is 3.46. The summed E-state index contributed by atoms with van der Waals surface area (Å²) in [5.74, 6) is -1.31. The molecule has 1 N–H and O–H groups in total. The molecule has 1 unspecified atom stereocenters. The standard InChI is InChI=1S/C20H19ClN2O2S/c1-23-20(25)17(19(24)22-14-9-7-13(21)8-10-14)16-11-6-12-4-2-3-5-15(12)18(16)26-23/h6-11,17H,2-5H2,1H3,(H,22,24). The summed E-state index contributed by atoms with van der Waals surface area (Å²) in [4.78, 5) is 26.8. The second-order valence-electron chi connectivity index (χ2n) is 6.68.